The molecule has 0 aliphatic heterocycles. The van der Waals surface area contributed by atoms with Crippen molar-refractivity contribution in [1.82, 2.24) is 0 Å². The van der Waals surface area contributed by atoms with Gasteiger partial charge in [-0.3, -0.25) is 0 Å². The van der Waals surface area contributed by atoms with Crippen LogP contribution in [0, 0.1) is 23.7 Å². The monoisotopic (exact) mass is 280 g/mol. The summed E-state index contributed by atoms with van der Waals surface area (Å²) < 4.78 is 24.1. The maximum atomic E-state index is 10.1. The molecule has 0 N–H and O–H groups in total. The Balaban J connectivity index is 5.20. The molecule has 0 fully saturated rings. The van der Waals surface area contributed by atoms with Crippen molar-refractivity contribution in [3.05, 3.63) is 23.3 Å². The molecule has 100 valence electrons. The highest BCUT2D eigenvalue weighted by Gasteiger charge is 2.04. The van der Waals surface area contributed by atoms with E-state index >= 15 is 0 Å². The number of allylic oxidation sites excluding steroid dienone is 4. The van der Waals surface area contributed by atoms with E-state index in [0.29, 0.717) is 5.57 Å². The molecule has 0 aromatic rings. The molecule has 0 aliphatic rings. The zero-order chi connectivity index (χ0) is 14.7. The van der Waals surface area contributed by atoms with Crippen molar-refractivity contribution in [2.45, 2.75) is 6.92 Å². The van der Waals surface area contributed by atoms with Crippen LogP contribution in [0.1, 0.15) is 6.92 Å². The van der Waals surface area contributed by atoms with Gasteiger partial charge in [-0.25, -0.2) is 4.21 Å². The van der Waals surface area contributed by atoms with Gasteiger partial charge in [-0.05, 0) is 13.0 Å². The molecule has 0 aliphatic carbocycles. The van der Waals surface area contributed by atoms with Crippen LogP contribution in [0.2, 0.25) is 0 Å². The first-order valence-electron chi connectivity index (χ1n) is 4.75. The molecule has 0 aromatic heterocycles. The first-order chi connectivity index (χ1) is 9.08. The number of rotatable bonds is 6. The third kappa shape index (κ3) is 6.78. The van der Waals surface area contributed by atoms with Crippen LogP contribution in [-0.4, -0.2) is 27.8 Å². The van der Waals surface area contributed by atoms with Crippen LogP contribution >= 0.6 is 0 Å². The Bertz CT molecular complexity index is 535. The highest BCUT2D eigenvalue weighted by molar-refractivity contribution is 7.74. The van der Waals surface area contributed by atoms with E-state index in [9.17, 15) is 8.76 Å². The van der Waals surface area contributed by atoms with Gasteiger partial charge in [-0.2, -0.15) is 5.26 Å². The van der Waals surface area contributed by atoms with E-state index in [1.54, 1.807) is 13.0 Å². The minimum atomic E-state index is -2.77. The van der Waals surface area contributed by atoms with E-state index < -0.39 is 11.4 Å². The van der Waals surface area contributed by atoms with Crippen LogP contribution in [0.25, 0.3) is 0 Å². The highest BCUT2D eigenvalue weighted by Crippen LogP contribution is 2.05. The van der Waals surface area contributed by atoms with Crippen LogP contribution in [0.15, 0.2) is 33.6 Å². The Morgan fingerprint density at radius 3 is 2.68 bits per heavy atom. The van der Waals surface area contributed by atoms with Gasteiger partial charge in [0, 0.05) is 11.1 Å². The van der Waals surface area contributed by atoms with Gasteiger partial charge in [0.2, 0.25) is 0 Å². The largest absolute Gasteiger partial charge is 0.738 e. The van der Waals surface area contributed by atoms with Crippen LogP contribution in [-0.2, 0) is 20.5 Å². The zero-order valence-corrected chi connectivity index (χ0v) is 11.0. The SMILES string of the molecule is C#CC(C=NOS(=O)[O-])=CC(=CC)C(C#N)=NOC. The summed E-state index contributed by atoms with van der Waals surface area (Å²) in [6.45, 7) is 1.67. The van der Waals surface area contributed by atoms with Crippen molar-refractivity contribution < 1.29 is 17.9 Å². The first kappa shape index (κ1) is 16.6. The Morgan fingerprint density at radius 2 is 2.26 bits per heavy atom. The van der Waals surface area contributed by atoms with Crippen LogP contribution < -0.4 is 0 Å². The number of nitrogens with zero attached hydrogens (tertiary/aromatic N) is 3. The minimum absolute atomic E-state index is 0.0134. The van der Waals surface area contributed by atoms with E-state index in [-0.39, 0.29) is 11.3 Å². The van der Waals surface area contributed by atoms with Crippen LogP contribution in [0.5, 0.6) is 0 Å². The molecule has 0 aromatic carbocycles. The Hall–Kier alpha value is -2.42. The standard InChI is InChI=1S/C11H11N3O4S/c1-4-9(8-13-18-19(15)16)6-10(5-2)11(7-12)14-17-3/h1,5-6,8H,2-3H3,(H,15,16)/p-1. The van der Waals surface area contributed by atoms with Crippen molar-refractivity contribution in [1.29, 1.82) is 5.26 Å². The van der Waals surface area contributed by atoms with E-state index in [0.717, 1.165) is 6.21 Å². The first-order valence-corrected chi connectivity index (χ1v) is 5.75. The van der Waals surface area contributed by atoms with Gasteiger partial charge in [0.15, 0.2) is 17.1 Å². The second-order valence-electron chi connectivity index (χ2n) is 2.74. The second kappa shape index (κ2) is 9.59. The van der Waals surface area contributed by atoms with Crippen molar-refractivity contribution in [3.63, 3.8) is 0 Å². The van der Waals surface area contributed by atoms with E-state index in [4.69, 9.17) is 11.7 Å². The van der Waals surface area contributed by atoms with Crippen molar-refractivity contribution in [2.75, 3.05) is 7.11 Å². The molecule has 0 radical (unpaired) electrons. The fourth-order valence-corrected chi connectivity index (χ4v) is 1.03. The molecule has 1 atom stereocenters. The lowest BCUT2D eigenvalue weighted by atomic mass is 10.1. The molecule has 0 amide bonds. The summed E-state index contributed by atoms with van der Waals surface area (Å²) in [6, 6.07) is 1.83. The molecule has 0 rings (SSSR count). The Labute approximate surface area is 113 Å². The maximum absolute atomic E-state index is 10.1. The molecular formula is C11H10N3O4S-. The molecule has 0 saturated carbocycles. The van der Waals surface area contributed by atoms with Gasteiger partial charge in [-0.1, -0.05) is 22.3 Å². The highest BCUT2D eigenvalue weighted by atomic mass is 32.2. The Kier molecular flexibility index (Phi) is 8.37. The number of terminal acetylenes is 1. The zero-order valence-electron chi connectivity index (χ0n) is 10.2. The summed E-state index contributed by atoms with van der Waals surface area (Å²) in [5.41, 5.74) is 0.601. The summed E-state index contributed by atoms with van der Waals surface area (Å²) >= 11 is -2.77. The van der Waals surface area contributed by atoms with Gasteiger partial charge in [0.25, 0.3) is 0 Å². The maximum Gasteiger partial charge on any atom is 0.186 e. The van der Waals surface area contributed by atoms with E-state index in [1.165, 1.54) is 13.2 Å². The predicted molar refractivity (Wildman–Crippen MR) is 69.2 cm³/mol. The average molecular weight is 280 g/mol. The second-order valence-corrected chi connectivity index (χ2v) is 3.29. The quantitative estimate of drug-likeness (QED) is 0.235. The lowest BCUT2D eigenvalue weighted by Crippen LogP contribution is -1.99. The van der Waals surface area contributed by atoms with Crippen LogP contribution in [0.4, 0.5) is 0 Å². The lowest BCUT2D eigenvalue weighted by molar-refractivity contribution is 0.214. The molecule has 0 saturated heterocycles. The van der Waals surface area contributed by atoms with Gasteiger partial charge in [0.1, 0.15) is 13.2 Å². The van der Waals surface area contributed by atoms with Gasteiger partial charge in [0.05, 0.1) is 6.21 Å². The average Bonchev–Trinajstić information content (AvgIpc) is 2.40. The Morgan fingerprint density at radius 1 is 1.58 bits per heavy atom. The van der Waals surface area contributed by atoms with Crippen molar-refractivity contribution in [2.24, 2.45) is 10.3 Å². The fourth-order valence-electron chi connectivity index (χ4n) is 0.915. The number of hydrogen-bond donors (Lipinski definition) is 0. The minimum Gasteiger partial charge on any atom is -0.738 e. The number of hydrogen-bond acceptors (Lipinski definition) is 7. The predicted octanol–water partition coefficient (Wildman–Crippen LogP) is 0.815. The normalized spacial score (nSPS) is 14.7. The summed E-state index contributed by atoms with van der Waals surface area (Å²) in [6.07, 6.45) is 9.21. The van der Waals surface area contributed by atoms with Crippen molar-refractivity contribution in [3.8, 4) is 18.4 Å². The third-order valence-electron chi connectivity index (χ3n) is 1.65. The topological polar surface area (TPSA) is 107 Å². The third-order valence-corrected chi connectivity index (χ3v) is 1.85. The lowest BCUT2D eigenvalue weighted by Gasteiger charge is -2.00. The summed E-state index contributed by atoms with van der Waals surface area (Å²) in [7, 11) is 1.30. The van der Waals surface area contributed by atoms with Crippen molar-refractivity contribution >= 4 is 23.3 Å². The summed E-state index contributed by atoms with van der Waals surface area (Å²) in [5, 5.41) is 15.5. The molecule has 1 unspecified atom stereocenters. The van der Waals surface area contributed by atoms with Crippen LogP contribution in [0.3, 0.4) is 0 Å². The summed E-state index contributed by atoms with van der Waals surface area (Å²) in [4.78, 5) is 4.51. The molecule has 0 bridgehead atoms. The molecule has 8 heteroatoms. The number of oxime groups is 2. The molecule has 7 nitrogen and oxygen atoms in total. The van der Waals surface area contributed by atoms with Gasteiger partial charge in [-0.15, -0.1) is 6.42 Å². The smallest absolute Gasteiger partial charge is 0.186 e. The van der Waals surface area contributed by atoms with Gasteiger partial charge >= 0.3 is 0 Å². The molecule has 19 heavy (non-hydrogen) atoms. The molecule has 0 heterocycles. The molecular weight excluding hydrogens is 270 g/mol. The van der Waals surface area contributed by atoms with Gasteiger partial charge < -0.3 is 13.7 Å². The number of nitriles is 1. The van der Waals surface area contributed by atoms with E-state index in [2.05, 4.69) is 25.4 Å². The van der Waals surface area contributed by atoms with E-state index in [1.807, 2.05) is 6.07 Å². The summed E-state index contributed by atoms with van der Waals surface area (Å²) in [5.74, 6) is 2.25. The molecule has 0 spiro atoms. The fraction of sp³-hybridized carbons (Fsp3) is 0.182.